The number of carbonyl (C=O) groups is 2. The van der Waals surface area contributed by atoms with Gasteiger partial charge in [-0.1, -0.05) is 12.1 Å². The first-order valence-corrected chi connectivity index (χ1v) is 10.7. The number of nitrogens with one attached hydrogen (secondary N) is 2. The first-order chi connectivity index (χ1) is 15.4. The number of amides is 2. The van der Waals surface area contributed by atoms with Gasteiger partial charge in [0.15, 0.2) is 0 Å². The molecule has 1 fully saturated rings. The van der Waals surface area contributed by atoms with E-state index < -0.39 is 11.8 Å². The second-order valence-electron chi connectivity index (χ2n) is 8.04. The highest BCUT2D eigenvalue weighted by molar-refractivity contribution is 6.10. The lowest BCUT2D eigenvalue weighted by atomic mass is 10.1. The Morgan fingerprint density at radius 1 is 1.22 bits per heavy atom. The van der Waals surface area contributed by atoms with Crippen LogP contribution in [-0.2, 0) is 4.74 Å². The van der Waals surface area contributed by atoms with Crippen LogP contribution in [0.5, 0.6) is 0 Å². The van der Waals surface area contributed by atoms with E-state index in [1.54, 1.807) is 11.8 Å². The number of aromatic nitrogens is 1. The highest BCUT2D eigenvalue weighted by Crippen LogP contribution is 2.30. The van der Waals surface area contributed by atoms with E-state index in [1.807, 2.05) is 6.07 Å². The van der Waals surface area contributed by atoms with E-state index >= 15 is 0 Å². The maximum atomic E-state index is 13.9. The van der Waals surface area contributed by atoms with Gasteiger partial charge >= 0.3 is 12.0 Å². The standard InChI is InChI=1S/C24H27FN4O3/c1-4-32-23(30)22-21(19-13-17(25)8-9-20(19)26-22)27-24(31)28-10-11-29(16(3)14-28)18-7-5-6-15(2)12-18/h5-9,12-13,16,26H,4,10-11,14H2,1-3H3,(H,27,31). The van der Waals surface area contributed by atoms with Crippen LogP contribution in [0.4, 0.5) is 20.6 Å². The van der Waals surface area contributed by atoms with E-state index in [0.717, 1.165) is 5.69 Å². The van der Waals surface area contributed by atoms with Gasteiger partial charge in [0.1, 0.15) is 11.5 Å². The third kappa shape index (κ3) is 4.26. The highest BCUT2D eigenvalue weighted by atomic mass is 19.1. The van der Waals surface area contributed by atoms with E-state index in [4.69, 9.17) is 4.74 Å². The number of hydrogen-bond acceptors (Lipinski definition) is 4. The van der Waals surface area contributed by atoms with Gasteiger partial charge in [0, 0.05) is 42.3 Å². The van der Waals surface area contributed by atoms with Gasteiger partial charge in [0.25, 0.3) is 0 Å². The summed E-state index contributed by atoms with van der Waals surface area (Å²) >= 11 is 0. The van der Waals surface area contributed by atoms with Crippen LogP contribution < -0.4 is 10.2 Å². The summed E-state index contributed by atoms with van der Waals surface area (Å²) in [5.74, 6) is -1.06. The Hall–Kier alpha value is -3.55. The fourth-order valence-corrected chi connectivity index (χ4v) is 4.17. The Balaban J connectivity index is 1.55. The molecule has 0 spiro atoms. The van der Waals surface area contributed by atoms with Crippen molar-refractivity contribution in [3.63, 3.8) is 0 Å². The summed E-state index contributed by atoms with van der Waals surface area (Å²) in [6.45, 7) is 7.75. The molecule has 1 atom stereocenters. The van der Waals surface area contributed by atoms with Gasteiger partial charge in [-0.3, -0.25) is 0 Å². The number of benzene rings is 2. The minimum absolute atomic E-state index is 0.104. The molecule has 0 aliphatic carbocycles. The lowest BCUT2D eigenvalue weighted by molar-refractivity contribution is 0.0522. The molecule has 32 heavy (non-hydrogen) atoms. The second kappa shape index (κ2) is 8.90. The van der Waals surface area contributed by atoms with E-state index in [-0.39, 0.29) is 30.1 Å². The molecular weight excluding hydrogens is 411 g/mol. The van der Waals surface area contributed by atoms with Gasteiger partial charge in [-0.05, 0) is 56.7 Å². The van der Waals surface area contributed by atoms with Crippen LogP contribution in [-0.4, -0.2) is 54.2 Å². The Morgan fingerprint density at radius 3 is 2.75 bits per heavy atom. The van der Waals surface area contributed by atoms with Crippen molar-refractivity contribution >= 4 is 34.3 Å². The van der Waals surface area contributed by atoms with Crippen molar-refractivity contribution in [1.29, 1.82) is 0 Å². The molecule has 0 bridgehead atoms. The Morgan fingerprint density at radius 2 is 2.03 bits per heavy atom. The Kier molecular flexibility index (Phi) is 6.03. The van der Waals surface area contributed by atoms with Gasteiger partial charge in [-0.2, -0.15) is 0 Å². The summed E-state index contributed by atoms with van der Waals surface area (Å²) in [7, 11) is 0. The summed E-state index contributed by atoms with van der Waals surface area (Å²) in [5.41, 5.74) is 3.20. The van der Waals surface area contributed by atoms with E-state index in [9.17, 15) is 14.0 Å². The lowest BCUT2D eigenvalue weighted by Gasteiger charge is -2.41. The third-order valence-corrected chi connectivity index (χ3v) is 5.72. The zero-order chi connectivity index (χ0) is 22.8. The SMILES string of the molecule is CCOC(=O)c1[nH]c2ccc(F)cc2c1NC(=O)N1CCN(c2cccc(C)c2)C(C)C1. The molecule has 2 aromatic carbocycles. The smallest absolute Gasteiger partial charge is 0.356 e. The molecule has 1 aliphatic rings. The number of aromatic amines is 1. The van der Waals surface area contributed by atoms with Crippen molar-refractivity contribution in [2.45, 2.75) is 26.8 Å². The number of esters is 1. The van der Waals surface area contributed by atoms with Gasteiger partial charge in [-0.25, -0.2) is 14.0 Å². The summed E-state index contributed by atoms with van der Waals surface area (Å²) in [6.07, 6.45) is 0. The minimum Gasteiger partial charge on any atom is -0.461 e. The molecule has 1 unspecified atom stereocenters. The van der Waals surface area contributed by atoms with Crippen LogP contribution in [0.3, 0.4) is 0 Å². The first-order valence-electron chi connectivity index (χ1n) is 10.7. The van der Waals surface area contributed by atoms with Crippen LogP contribution in [0.25, 0.3) is 10.9 Å². The number of urea groups is 1. The molecule has 3 aromatic rings. The van der Waals surface area contributed by atoms with Crippen molar-refractivity contribution in [1.82, 2.24) is 9.88 Å². The number of fused-ring (bicyclic) bond motifs is 1. The quantitative estimate of drug-likeness (QED) is 0.587. The number of H-pyrrole nitrogens is 1. The van der Waals surface area contributed by atoms with Crippen molar-refractivity contribution in [3.8, 4) is 0 Å². The fourth-order valence-electron chi connectivity index (χ4n) is 4.17. The van der Waals surface area contributed by atoms with Crippen LogP contribution in [0.2, 0.25) is 0 Å². The summed E-state index contributed by atoms with van der Waals surface area (Å²) in [4.78, 5) is 32.5. The maximum absolute atomic E-state index is 13.9. The largest absolute Gasteiger partial charge is 0.461 e. The molecule has 0 saturated carbocycles. The zero-order valence-electron chi connectivity index (χ0n) is 18.4. The van der Waals surface area contributed by atoms with Gasteiger partial charge < -0.3 is 24.8 Å². The molecular formula is C24H27FN4O3. The number of ether oxygens (including phenoxy) is 1. The van der Waals surface area contributed by atoms with Crippen molar-refractivity contribution in [2.24, 2.45) is 0 Å². The van der Waals surface area contributed by atoms with E-state index in [0.29, 0.717) is 30.5 Å². The zero-order valence-corrected chi connectivity index (χ0v) is 18.4. The van der Waals surface area contributed by atoms with Crippen LogP contribution in [0.15, 0.2) is 42.5 Å². The maximum Gasteiger partial charge on any atom is 0.356 e. The fraction of sp³-hybridized carbons (Fsp3) is 0.333. The lowest BCUT2D eigenvalue weighted by Crippen LogP contribution is -2.54. The number of rotatable bonds is 4. The molecule has 1 saturated heterocycles. The molecule has 1 aliphatic heterocycles. The van der Waals surface area contributed by atoms with E-state index in [2.05, 4.69) is 47.2 Å². The number of aryl methyl sites for hydroxylation is 1. The molecule has 168 valence electrons. The molecule has 0 radical (unpaired) electrons. The highest BCUT2D eigenvalue weighted by Gasteiger charge is 2.29. The molecule has 2 heterocycles. The molecule has 8 heteroatoms. The summed E-state index contributed by atoms with van der Waals surface area (Å²) in [5, 5.41) is 3.25. The predicted octanol–water partition coefficient (Wildman–Crippen LogP) is 4.53. The second-order valence-corrected chi connectivity index (χ2v) is 8.04. The molecule has 7 nitrogen and oxygen atoms in total. The predicted molar refractivity (Wildman–Crippen MR) is 123 cm³/mol. The number of anilines is 2. The number of nitrogens with zero attached hydrogens (tertiary/aromatic N) is 2. The van der Waals surface area contributed by atoms with Gasteiger partial charge in [0.2, 0.25) is 0 Å². The number of halogens is 1. The summed E-state index contributed by atoms with van der Waals surface area (Å²) in [6, 6.07) is 12.2. The van der Waals surface area contributed by atoms with Gasteiger partial charge in [0.05, 0.1) is 12.3 Å². The van der Waals surface area contributed by atoms with Crippen LogP contribution in [0.1, 0.15) is 29.9 Å². The number of piperazine rings is 1. The van der Waals surface area contributed by atoms with Gasteiger partial charge in [-0.15, -0.1) is 0 Å². The molecule has 1 aromatic heterocycles. The summed E-state index contributed by atoms with van der Waals surface area (Å²) < 4.78 is 19.0. The minimum atomic E-state index is -0.600. The number of carbonyl (C=O) groups excluding carboxylic acids is 2. The van der Waals surface area contributed by atoms with Crippen molar-refractivity contribution in [3.05, 3.63) is 59.5 Å². The van der Waals surface area contributed by atoms with Crippen molar-refractivity contribution < 1.29 is 18.7 Å². The molecule has 2 N–H and O–H groups in total. The molecule has 2 amide bonds. The van der Waals surface area contributed by atoms with Crippen molar-refractivity contribution in [2.75, 3.05) is 36.5 Å². The average Bonchev–Trinajstić information content (AvgIpc) is 3.11. The first kappa shape index (κ1) is 21.7. The molecule has 4 rings (SSSR count). The van der Waals surface area contributed by atoms with Crippen LogP contribution >= 0.6 is 0 Å². The average molecular weight is 439 g/mol. The Labute approximate surface area is 186 Å². The monoisotopic (exact) mass is 438 g/mol. The Bertz CT molecular complexity index is 1160. The van der Waals surface area contributed by atoms with Crippen LogP contribution in [0, 0.1) is 12.7 Å². The normalized spacial score (nSPS) is 16.3. The number of hydrogen-bond donors (Lipinski definition) is 2. The topological polar surface area (TPSA) is 77.7 Å². The third-order valence-electron chi connectivity index (χ3n) is 5.72. The van der Waals surface area contributed by atoms with E-state index in [1.165, 1.54) is 23.8 Å².